The third-order valence-corrected chi connectivity index (χ3v) is 1.40. The largest absolute Gasteiger partial charge is 0.328 e. The first kappa shape index (κ1) is 8.19. The lowest BCUT2D eigenvalue weighted by Gasteiger charge is -1.91. The van der Waals surface area contributed by atoms with Crippen LogP contribution in [-0.2, 0) is 4.79 Å². The Bertz CT molecular complexity index is 260. The van der Waals surface area contributed by atoms with Gasteiger partial charge in [-0.25, -0.2) is 0 Å². The highest BCUT2D eigenvalue weighted by molar-refractivity contribution is 9.09. The van der Waals surface area contributed by atoms with E-state index in [0.717, 1.165) is 0 Å². The molecule has 0 saturated heterocycles. The molecule has 0 fully saturated rings. The molecule has 0 aliphatic heterocycles. The van der Waals surface area contributed by atoms with Gasteiger partial charge < -0.3 is 4.52 Å². The Morgan fingerprint density at radius 2 is 2.55 bits per heavy atom. The van der Waals surface area contributed by atoms with Crippen molar-refractivity contribution in [3.63, 3.8) is 0 Å². The fourth-order valence-corrected chi connectivity index (χ4v) is 0.641. The highest BCUT2D eigenvalue weighted by Gasteiger charge is 2.04. The van der Waals surface area contributed by atoms with Crippen LogP contribution in [0.3, 0.4) is 0 Å². The molecule has 1 aromatic heterocycles. The van der Waals surface area contributed by atoms with Crippen molar-refractivity contribution >= 4 is 27.9 Å². The Kier molecular flexibility index (Phi) is 2.58. The minimum absolute atomic E-state index is 0.131. The molecule has 60 valence electrons. The monoisotopic (exact) mass is 219 g/mol. The van der Waals surface area contributed by atoms with Gasteiger partial charge in [0, 0.05) is 0 Å². The summed E-state index contributed by atoms with van der Waals surface area (Å²) in [5.41, 5.74) is 0. The van der Waals surface area contributed by atoms with Gasteiger partial charge in [0.15, 0.2) is 5.82 Å². The first-order chi connectivity index (χ1) is 5.22. The molecule has 0 bridgehead atoms. The van der Waals surface area contributed by atoms with E-state index in [0.29, 0.717) is 5.82 Å². The van der Waals surface area contributed by atoms with Crippen molar-refractivity contribution in [2.45, 2.75) is 6.92 Å². The Labute approximate surface area is 71.3 Å². The number of nitrogens with one attached hydrogen (secondary N) is 1. The maximum atomic E-state index is 10.7. The summed E-state index contributed by atoms with van der Waals surface area (Å²) in [6.07, 6.45) is 0. The van der Waals surface area contributed by atoms with E-state index in [9.17, 15) is 4.79 Å². The lowest BCUT2D eigenvalue weighted by Crippen LogP contribution is -2.12. The van der Waals surface area contributed by atoms with E-state index in [1.165, 1.54) is 0 Å². The number of hydrogen-bond donors (Lipinski definition) is 1. The average molecular weight is 220 g/mol. The Balaban J connectivity index is 2.57. The molecule has 6 heteroatoms. The van der Waals surface area contributed by atoms with Gasteiger partial charge in [0.2, 0.25) is 5.91 Å². The molecule has 1 aromatic rings. The summed E-state index contributed by atoms with van der Waals surface area (Å²) in [6.45, 7) is 1.67. The van der Waals surface area contributed by atoms with Crippen molar-refractivity contribution in [3.8, 4) is 0 Å². The molecule has 0 radical (unpaired) electrons. The van der Waals surface area contributed by atoms with Crippen LogP contribution in [0.25, 0.3) is 0 Å². The Hall–Kier alpha value is -0.910. The first-order valence-electron chi connectivity index (χ1n) is 2.88. The summed E-state index contributed by atoms with van der Waals surface area (Å²) in [6, 6.07) is 0.131. The molecule has 0 unspecified atom stereocenters. The van der Waals surface area contributed by atoms with Crippen molar-refractivity contribution in [1.82, 2.24) is 10.1 Å². The molecule has 5 nitrogen and oxygen atoms in total. The maximum Gasteiger partial charge on any atom is 0.328 e. The smallest absolute Gasteiger partial charge is 0.315 e. The quantitative estimate of drug-likeness (QED) is 0.745. The fourth-order valence-electron chi connectivity index (χ4n) is 0.501. The summed E-state index contributed by atoms with van der Waals surface area (Å²) >= 11 is 2.98. The van der Waals surface area contributed by atoms with Crippen LogP contribution in [0, 0.1) is 6.92 Å². The van der Waals surface area contributed by atoms with E-state index in [1.54, 1.807) is 6.92 Å². The van der Waals surface area contributed by atoms with Gasteiger partial charge in [-0.05, 0) is 6.92 Å². The van der Waals surface area contributed by atoms with Gasteiger partial charge in [-0.3, -0.25) is 10.1 Å². The van der Waals surface area contributed by atoms with Gasteiger partial charge in [-0.15, -0.1) is 0 Å². The molecule has 0 spiro atoms. The second-order valence-corrected chi connectivity index (χ2v) is 2.39. The summed E-state index contributed by atoms with van der Waals surface area (Å²) in [5, 5.41) is 6.09. The number of hydrogen-bond acceptors (Lipinski definition) is 4. The van der Waals surface area contributed by atoms with Gasteiger partial charge in [0.1, 0.15) is 0 Å². The molecule has 1 heterocycles. The van der Waals surface area contributed by atoms with Crippen LogP contribution < -0.4 is 5.32 Å². The molecular weight excluding hydrogens is 214 g/mol. The molecule has 0 aliphatic carbocycles. The number of amides is 1. The van der Waals surface area contributed by atoms with Crippen molar-refractivity contribution in [3.05, 3.63) is 5.82 Å². The standard InChI is InChI=1S/C5H6BrN3O2/c1-3-7-5(11-9-3)8-4(10)2-6/h2H2,1H3,(H,7,8,9,10). The third-order valence-electron chi connectivity index (χ3n) is 0.895. The van der Waals surface area contributed by atoms with Crippen molar-refractivity contribution in [1.29, 1.82) is 0 Å². The van der Waals surface area contributed by atoms with Crippen molar-refractivity contribution < 1.29 is 9.32 Å². The fraction of sp³-hybridized carbons (Fsp3) is 0.400. The normalized spacial score (nSPS) is 9.64. The summed E-state index contributed by atoms with van der Waals surface area (Å²) in [5.74, 6) is 0.281. The number of alkyl halides is 1. The first-order valence-corrected chi connectivity index (χ1v) is 4.00. The number of halogens is 1. The summed E-state index contributed by atoms with van der Waals surface area (Å²) in [7, 11) is 0. The zero-order valence-electron chi connectivity index (χ0n) is 5.80. The van der Waals surface area contributed by atoms with Gasteiger partial charge in [-0.1, -0.05) is 21.1 Å². The minimum Gasteiger partial charge on any atom is -0.315 e. The molecular formula is C5H6BrN3O2. The van der Waals surface area contributed by atoms with Gasteiger partial charge in [0.25, 0.3) is 0 Å². The third kappa shape index (κ3) is 2.30. The minimum atomic E-state index is -0.214. The highest BCUT2D eigenvalue weighted by Crippen LogP contribution is 2.01. The van der Waals surface area contributed by atoms with Crippen molar-refractivity contribution in [2.24, 2.45) is 0 Å². The lowest BCUT2D eigenvalue weighted by molar-refractivity contribution is -0.113. The van der Waals surface area contributed by atoms with E-state index in [4.69, 9.17) is 0 Å². The number of carbonyl (C=O) groups is 1. The number of rotatable bonds is 2. The Morgan fingerprint density at radius 1 is 1.82 bits per heavy atom. The predicted octanol–water partition coefficient (Wildman–Crippen LogP) is 0.711. The SMILES string of the molecule is Cc1noc(NC(=O)CBr)n1. The maximum absolute atomic E-state index is 10.7. The Morgan fingerprint density at radius 3 is 3.00 bits per heavy atom. The van der Waals surface area contributed by atoms with Gasteiger partial charge in [0.05, 0.1) is 5.33 Å². The van der Waals surface area contributed by atoms with E-state index in [2.05, 4.69) is 35.9 Å². The highest BCUT2D eigenvalue weighted by atomic mass is 79.9. The van der Waals surface area contributed by atoms with Crippen LogP contribution in [-0.4, -0.2) is 21.4 Å². The van der Waals surface area contributed by atoms with E-state index in [1.807, 2.05) is 0 Å². The van der Waals surface area contributed by atoms with E-state index >= 15 is 0 Å². The summed E-state index contributed by atoms with van der Waals surface area (Å²) < 4.78 is 4.62. The average Bonchev–Trinajstić information content (AvgIpc) is 2.35. The molecule has 1 N–H and O–H groups in total. The zero-order chi connectivity index (χ0) is 8.27. The van der Waals surface area contributed by atoms with Crippen LogP contribution >= 0.6 is 15.9 Å². The van der Waals surface area contributed by atoms with Crippen LogP contribution in [0.2, 0.25) is 0 Å². The number of nitrogens with zero attached hydrogens (tertiary/aromatic N) is 2. The molecule has 1 amide bonds. The molecule has 0 aromatic carbocycles. The second-order valence-electron chi connectivity index (χ2n) is 1.83. The number of anilines is 1. The zero-order valence-corrected chi connectivity index (χ0v) is 7.38. The number of aryl methyl sites for hydroxylation is 1. The predicted molar refractivity (Wildman–Crippen MR) is 41.5 cm³/mol. The van der Waals surface area contributed by atoms with Crippen LogP contribution in [0.15, 0.2) is 4.52 Å². The number of carbonyl (C=O) groups excluding carboxylic acids is 1. The van der Waals surface area contributed by atoms with Gasteiger partial charge in [-0.2, -0.15) is 4.98 Å². The molecule has 11 heavy (non-hydrogen) atoms. The van der Waals surface area contributed by atoms with E-state index < -0.39 is 0 Å². The second kappa shape index (κ2) is 3.47. The van der Waals surface area contributed by atoms with Crippen molar-refractivity contribution in [2.75, 3.05) is 10.6 Å². The molecule has 0 aliphatic rings. The van der Waals surface area contributed by atoms with Gasteiger partial charge >= 0.3 is 6.01 Å². The van der Waals surface area contributed by atoms with E-state index in [-0.39, 0.29) is 17.3 Å². The topological polar surface area (TPSA) is 68.0 Å². The lowest BCUT2D eigenvalue weighted by atomic mass is 10.7. The molecule has 1 rings (SSSR count). The molecule has 0 saturated carbocycles. The van der Waals surface area contributed by atoms with Crippen LogP contribution in [0.1, 0.15) is 5.82 Å². The summed E-state index contributed by atoms with van der Waals surface area (Å²) in [4.78, 5) is 14.5. The van der Waals surface area contributed by atoms with Crippen LogP contribution in [0.4, 0.5) is 6.01 Å². The van der Waals surface area contributed by atoms with Crippen LogP contribution in [0.5, 0.6) is 0 Å². The molecule has 0 atom stereocenters. The number of aromatic nitrogens is 2.